The van der Waals surface area contributed by atoms with Crippen molar-refractivity contribution in [3.63, 3.8) is 0 Å². The fraction of sp³-hybridized carbons (Fsp3) is 0.409. The summed E-state index contributed by atoms with van der Waals surface area (Å²) in [6, 6.07) is 16.7. The summed E-state index contributed by atoms with van der Waals surface area (Å²) in [5, 5.41) is 0.764. The molecule has 0 atom stereocenters. The highest BCUT2D eigenvalue weighted by Gasteiger charge is 2.39. The molecule has 1 fully saturated rings. The predicted octanol–water partition coefficient (Wildman–Crippen LogP) is 4.06. The molecule has 1 heterocycles. The minimum Gasteiger partial charge on any atom is -0.335 e. The van der Waals surface area contributed by atoms with Crippen molar-refractivity contribution in [3.8, 4) is 0 Å². The Hall–Kier alpha value is -1.84. The van der Waals surface area contributed by atoms with Gasteiger partial charge in [-0.05, 0) is 54.5 Å². The van der Waals surface area contributed by atoms with Gasteiger partial charge in [0.1, 0.15) is 0 Å². The largest absolute Gasteiger partial charge is 0.335 e. The van der Waals surface area contributed by atoms with Crippen molar-refractivity contribution in [2.45, 2.75) is 50.1 Å². The number of hydrogen-bond donors (Lipinski definition) is 1. The number of nitrogens with zero attached hydrogens (tertiary/aromatic N) is 1. The molecule has 3 nitrogen and oxygen atoms in total. The van der Waals surface area contributed by atoms with E-state index in [1.807, 2.05) is 18.2 Å². The lowest BCUT2D eigenvalue weighted by Gasteiger charge is -2.44. The van der Waals surface area contributed by atoms with Crippen molar-refractivity contribution in [1.82, 2.24) is 4.90 Å². The summed E-state index contributed by atoms with van der Waals surface area (Å²) in [5.41, 5.74) is 9.90. The maximum Gasteiger partial charge on any atom is 0.227 e. The van der Waals surface area contributed by atoms with Crippen LogP contribution in [0, 0.1) is 0 Å². The first-order valence-corrected chi connectivity index (χ1v) is 9.81. The summed E-state index contributed by atoms with van der Waals surface area (Å²) < 4.78 is 0. The van der Waals surface area contributed by atoms with Crippen molar-refractivity contribution in [2.24, 2.45) is 5.73 Å². The zero-order chi connectivity index (χ0) is 18.1. The summed E-state index contributed by atoms with van der Waals surface area (Å²) in [6.07, 6.45) is 4.53. The third-order valence-corrected chi connectivity index (χ3v) is 6.54. The van der Waals surface area contributed by atoms with E-state index in [0.29, 0.717) is 19.0 Å². The molecule has 26 heavy (non-hydrogen) atoms. The highest BCUT2D eigenvalue weighted by Crippen LogP contribution is 2.41. The van der Waals surface area contributed by atoms with Crippen LogP contribution in [0.15, 0.2) is 48.5 Å². The molecule has 0 unspecified atom stereocenters. The number of amides is 1. The molecule has 1 aliphatic heterocycles. The third kappa shape index (κ3) is 3.15. The van der Waals surface area contributed by atoms with Crippen LogP contribution in [0.5, 0.6) is 0 Å². The minimum atomic E-state index is -0.0157. The first-order chi connectivity index (χ1) is 12.6. The Bertz CT molecular complexity index is 811. The topological polar surface area (TPSA) is 46.3 Å². The van der Waals surface area contributed by atoms with E-state index in [0.717, 1.165) is 37.3 Å². The monoisotopic (exact) mass is 368 g/mol. The summed E-state index contributed by atoms with van der Waals surface area (Å²) in [7, 11) is 0. The second-order valence-electron chi connectivity index (χ2n) is 7.69. The smallest absolute Gasteiger partial charge is 0.227 e. The van der Waals surface area contributed by atoms with Gasteiger partial charge in [0.15, 0.2) is 0 Å². The van der Waals surface area contributed by atoms with Gasteiger partial charge in [-0.25, -0.2) is 0 Å². The standard InChI is InChI=1S/C22H25ClN2O/c23-19-7-3-6-18(13-19)22(15-24)10-8-20(9-11-22)25-14-17-5-2-1-4-16(17)12-21(25)26/h1-7,13,20H,8-12,14-15,24H2/t20-,22-. The van der Waals surface area contributed by atoms with E-state index in [4.69, 9.17) is 17.3 Å². The number of benzene rings is 2. The Morgan fingerprint density at radius 1 is 1.08 bits per heavy atom. The Morgan fingerprint density at radius 2 is 1.81 bits per heavy atom. The van der Waals surface area contributed by atoms with Crippen molar-refractivity contribution in [2.75, 3.05) is 6.54 Å². The van der Waals surface area contributed by atoms with Crippen LogP contribution in [0.25, 0.3) is 0 Å². The molecule has 0 radical (unpaired) electrons. The molecule has 1 amide bonds. The highest BCUT2D eigenvalue weighted by atomic mass is 35.5. The van der Waals surface area contributed by atoms with Gasteiger partial charge in [0.2, 0.25) is 5.91 Å². The Labute approximate surface area is 160 Å². The molecule has 0 saturated heterocycles. The molecule has 1 aliphatic carbocycles. The van der Waals surface area contributed by atoms with Crippen molar-refractivity contribution >= 4 is 17.5 Å². The number of nitrogens with two attached hydrogens (primary N) is 1. The number of hydrogen-bond acceptors (Lipinski definition) is 2. The van der Waals surface area contributed by atoms with Gasteiger partial charge in [-0.1, -0.05) is 48.0 Å². The van der Waals surface area contributed by atoms with Crippen LogP contribution >= 0.6 is 11.6 Å². The average molecular weight is 369 g/mol. The van der Waals surface area contributed by atoms with Crippen LogP contribution in [0.3, 0.4) is 0 Å². The molecule has 0 bridgehead atoms. The number of carbonyl (C=O) groups excluding carboxylic acids is 1. The lowest BCUT2D eigenvalue weighted by Crippen LogP contribution is -2.49. The van der Waals surface area contributed by atoms with Gasteiger partial charge < -0.3 is 10.6 Å². The lowest BCUT2D eigenvalue weighted by atomic mass is 9.68. The molecule has 2 aromatic carbocycles. The average Bonchev–Trinajstić information content (AvgIpc) is 2.67. The molecule has 136 valence electrons. The first kappa shape index (κ1) is 17.6. The second kappa shape index (κ2) is 7.05. The van der Waals surface area contributed by atoms with Gasteiger partial charge in [0, 0.05) is 29.6 Å². The molecule has 2 aromatic rings. The van der Waals surface area contributed by atoms with Crippen molar-refractivity contribution in [3.05, 3.63) is 70.2 Å². The molecule has 2 N–H and O–H groups in total. The van der Waals surface area contributed by atoms with E-state index in [2.05, 4.69) is 35.2 Å². The number of carbonyl (C=O) groups is 1. The lowest BCUT2D eigenvalue weighted by molar-refractivity contribution is -0.135. The molecule has 2 aliphatic rings. The Balaban J connectivity index is 1.50. The minimum absolute atomic E-state index is 0.0157. The summed E-state index contributed by atoms with van der Waals surface area (Å²) >= 11 is 6.21. The van der Waals surface area contributed by atoms with Crippen LogP contribution in [-0.4, -0.2) is 23.4 Å². The van der Waals surface area contributed by atoms with E-state index in [9.17, 15) is 4.79 Å². The quantitative estimate of drug-likeness (QED) is 0.887. The molecule has 4 rings (SSSR count). The number of rotatable bonds is 3. The third-order valence-electron chi connectivity index (χ3n) is 6.30. The molecular weight excluding hydrogens is 344 g/mol. The van der Waals surface area contributed by atoms with Crippen LogP contribution in [-0.2, 0) is 23.2 Å². The van der Waals surface area contributed by atoms with Crippen molar-refractivity contribution in [1.29, 1.82) is 0 Å². The van der Waals surface area contributed by atoms with E-state index >= 15 is 0 Å². The van der Waals surface area contributed by atoms with Gasteiger partial charge in [-0.3, -0.25) is 4.79 Å². The van der Waals surface area contributed by atoms with Crippen LogP contribution < -0.4 is 5.73 Å². The van der Waals surface area contributed by atoms with Gasteiger partial charge in [-0.15, -0.1) is 0 Å². The SMILES string of the molecule is NC[C@]1(c2cccc(Cl)c2)CC[C@H](N2Cc3ccccc3CC2=O)CC1. The Kier molecular flexibility index (Phi) is 4.76. The maximum atomic E-state index is 12.7. The zero-order valence-corrected chi connectivity index (χ0v) is 15.7. The van der Waals surface area contributed by atoms with E-state index < -0.39 is 0 Å². The van der Waals surface area contributed by atoms with Crippen LogP contribution in [0.4, 0.5) is 0 Å². The van der Waals surface area contributed by atoms with Crippen LogP contribution in [0.1, 0.15) is 42.4 Å². The molecule has 0 aromatic heterocycles. The fourth-order valence-electron chi connectivity index (χ4n) is 4.65. The normalized spacial score (nSPS) is 25.8. The molecule has 1 saturated carbocycles. The maximum absolute atomic E-state index is 12.7. The van der Waals surface area contributed by atoms with Gasteiger partial charge in [0.05, 0.1) is 6.42 Å². The summed E-state index contributed by atoms with van der Waals surface area (Å²) in [4.78, 5) is 14.8. The summed E-state index contributed by atoms with van der Waals surface area (Å²) in [5.74, 6) is 0.261. The van der Waals surface area contributed by atoms with E-state index in [1.54, 1.807) is 0 Å². The highest BCUT2D eigenvalue weighted by molar-refractivity contribution is 6.30. The number of halogens is 1. The van der Waals surface area contributed by atoms with E-state index in [-0.39, 0.29) is 11.3 Å². The fourth-order valence-corrected chi connectivity index (χ4v) is 4.84. The summed E-state index contributed by atoms with van der Waals surface area (Å²) in [6.45, 7) is 1.36. The van der Waals surface area contributed by atoms with Gasteiger partial charge >= 0.3 is 0 Å². The zero-order valence-electron chi connectivity index (χ0n) is 15.0. The number of fused-ring (bicyclic) bond motifs is 1. The molecule has 4 heteroatoms. The first-order valence-electron chi connectivity index (χ1n) is 9.44. The van der Waals surface area contributed by atoms with Gasteiger partial charge in [-0.2, -0.15) is 0 Å². The Morgan fingerprint density at radius 3 is 2.50 bits per heavy atom. The molecule has 0 spiro atoms. The molecular formula is C22H25ClN2O. The second-order valence-corrected chi connectivity index (χ2v) is 8.13. The van der Waals surface area contributed by atoms with Crippen molar-refractivity contribution < 1.29 is 4.79 Å². The van der Waals surface area contributed by atoms with E-state index in [1.165, 1.54) is 16.7 Å². The van der Waals surface area contributed by atoms with Gasteiger partial charge in [0.25, 0.3) is 0 Å². The predicted molar refractivity (Wildman–Crippen MR) is 105 cm³/mol. The van der Waals surface area contributed by atoms with Crippen LogP contribution in [0.2, 0.25) is 5.02 Å².